The average Bonchev–Trinajstić information content (AvgIpc) is 2.66. The first-order valence-electron chi connectivity index (χ1n) is 5.39. The Hall–Kier alpha value is -1.59. The number of halogens is 2. The van der Waals surface area contributed by atoms with Gasteiger partial charge in [0.05, 0.1) is 17.3 Å². The zero-order valence-electron chi connectivity index (χ0n) is 9.77. The summed E-state index contributed by atoms with van der Waals surface area (Å²) in [5.74, 6) is -0.148. The van der Waals surface area contributed by atoms with E-state index in [4.69, 9.17) is 17.3 Å². The number of nitrogen functional groups attached to an aromatic ring is 1. The SMILES string of the molecule is Cn1ncc(C(O)Cc2cccc(Cl)c2F)c1N. The van der Waals surface area contributed by atoms with Crippen LogP contribution in [0.25, 0.3) is 0 Å². The van der Waals surface area contributed by atoms with Crippen LogP contribution in [0.15, 0.2) is 24.4 Å². The number of hydrogen-bond acceptors (Lipinski definition) is 3. The van der Waals surface area contributed by atoms with E-state index in [0.717, 1.165) is 0 Å². The number of anilines is 1. The van der Waals surface area contributed by atoms with Crippen LogP contribution in [0.2, 0.25) is 5.02 Å². The Morgan fingerprint density at radius 1 is 1.56 bits per heavy atom. The van der Waals surface area contributed by atoms with E-state index in [1.165, 1.54) is 16.9 Å². The highest BCUT2D eigenvalue weighted by molar-refractivity contribution is 6.30. The van der Waals surface area contributed by atoms with Gasteiger partial charge in [-0.1, -0.05) is 23.7 Å². The molecule has 0 fully saturated rings. The quantitative estimate of drug-likeness (QED) is 0.897. The van der Waals surface area contributed by atoms with Gasteiger partial charge in [0.2, 0.25) is 0 Å². The first-order valence-corrected chi connectivity index (χ1v) is 5.76. The van der Waals surface area contributed by atoms with Gasteiger partial charge in [-0.2, -0.15) is 5.10 Å². The predicted molar refractivity (Wildman–Crippen MR) is 67.7 cm³/mol. The van der Waals surface area contributed by atoms with Gasteiger partial charge in [0, 0.05) is 19.0 Å². The smallest absolute Gasteiger partial charge is 0.145 e. The van der Waals surface area contributed by atoms with Crippen molar-refractivity contribution in [1.82, 2.24) is 9.78 Å². The summed E-state index contributed by atoms with van der Waals surface area (Å²) in [5, 5.41) is 14.0. The minimum Gasteiger partial charge on any atom is -0.388 e. The molecule has 0 aliphatic heterocycles. The Balaban J connectivity index is 2.24. The first kappa shape index (κ1) is 12.9. The normalized spacial score (nSPS) is 12.7. The third kappa shape index (κ3) is 2.32. The Morgan fingerprint density at radius 2 is 2.28 bits per heavy atom. The van der Waals surface area contributed by atoms with Crippen LogP contribution in [-0.2, 0) is 13.5 Å². The second-order valence-corrected chi connectivity index (χ2v) is 4.45. The average molecular weight is 270 g/mol. The van der Waals surface area contributed by atoms with Crippen LogP contribution in [0.1, 0.15) is 17.2 Å². The van der Waals surface area contributed by atoms with Crippen LogP contribution < -0.4 is 5.73 Å². The minimum atomic E-state index is -0.910. The fourth-order valence-corrected chi connectivity index (χ4v) is 1.94. The summed E-state index contributed by atoms with van der Waals surface area (Å²) < 4.78 is 15.1. The highest BCUT2D eigenvalue weighted by Gasteiger charge is 2.17. The van der Waals surface area contributed by atoms with Gasteiger partial charge in [-0.15, -0.1) is 0 Å². The second kappa shape index (κ2) is 4.96. The van der Waals surface area contributed by atoms with Crippen molar-refractivity contribution < 1.29 is 9.50 Å². The number of aromatic nitrogens is 2. The zero-order valence-corrected chi connectivity index (χ0v) is 10.5. The van der Waals surface area contributed by atoms with E-state index in [1.807, 2.05) is 0 Å². The summed E-state index contributed by atoms with van der Waals surface area (Å²) in [5.41, 5.74) is 6.57. The second-order valence-electron chi connectivity index (χ2n) is 4.04. The van der Waals surface area contributed by atoms with Crippen molar-refractivity contribution >= 4 is 17.4 Å². The molecule has 0 saturated heterocycles. The Kier molecular flexibility index (Phi) is 3.54. The number of hydrogen-bond donors (Lipinski definition) is 2. The Bertz CT molecular complexity index is 570. The number of aryl methyl sites for hydroxylation is 1. The number of aliphatic hydroxyl groups is 1. The fraction of sp³-hybridized carbons (Fsp3) is 0.250. The van der Waals surface area contributed by atoms with Gasteiger partial charge in [-0.05, 0) is 11.6 Å². The molecule has 2 aromatic rings. The molecule has 0 aliphatic rings. The summed E-state index contributed by atoms with van der Waals surface area (Å²) in [6.07, 6.45) is 0.664. The van der Waals surface area contributed by atoms with Crippen molar-refractivity contribution in [3.05, 3.63) is 46.4 Å². The van der Waals surface area contributed by atoms with Crippen LogP contribution in [-0.4, -0.2) is 14.9 Å². The van der Waals surface area contributed by atoms with Gasteiger partial charge in [-0.3, -0.25) is 4.68 Å². The van der Waals surface area contributed by atoms with E-state index in [-0.39, 0.29) is 11.4 Å². The molecule has 0 amide bonds. The lowest BCUT2D eigenvalue weighted by Gasteiger charge is -2.11. The van der Waals surface area contributed by atoms with Gasteiger partial charge in [0.1, 0.15) is 11.6 Å². The number of rotatable bonds is 3. The molecule has 0 aliphatic carbocycles. The Labute approximate surface area is 109 Å². The van der Waals surface area contributed by atoms with Gasteiger partial charge < -0.3 is 10.8 Å². The molecule has 1 unspecified atom stereocenters. The van der Waals surface area contributed by atoms with Crippen molar-refractivity contribution in [2.45, 2.75) is 12.5 Å². The van der Waals surface area contributed by atoms with Crippen LogP contribution in [0, 0.1) is 5.82 Å². The number of aliphatic hydroxyl groups excluding tert-OH is 1. The summed E-state index contributed by atoms with van der Waals surface area (Å²) >= 11 is 5.68. The summed E-state index contributed by atoms with van der Waals surface area (Å²) in [6, 6.07) is 4.68. The largest absolute Gasteiger partial charge is 0.388 e. The Morgan fingerprint density at radius 3 is 2.89 bits per heavy atom. The molecule has 4 nitrogen and oxygen atoms in total. The minimum absolute atomic E-state index is 0.0406. The summed E-state index contributed by atoms with van der Waals surface area (Å²) in [7, 11) is 1.67. The van der Waals surface area contributed by atoms with Crippen molar-refractivity contribution in [1.29, 1.82) is 0 Å². The molecule has 2 rings (SSSR count). The number of nitrogens with two attached hydrogens (primary N) is 1. The molecule has 1 aromatic heterocycles. The molecule has 1 heterocycles. The number of nitrogens with zero attached hydrogens (tertiary/aromatic N) is 2. The predicted octanol–water partition coefficient (Wildman–Crippen LogP) is 2.07. The lowest BCUT2D eigenvalue weighted by Crippen LogP contribution is -2.07. The monoisotopic (exact) mass is 269 g/mol. The van der Waals surface area contributed by atoms with Crippen LogP contribution in [0.5, 0.6) is 0 Å². The van der Waals surface area contributed by atoms with Gasteiger partial charge >= 0.3 is 0 Å². The molecule has 1 atom stereocenters. The molecule has 0 saturated carbocycles. The third-order valence-corrected chi connectivity index (χ3v) is 3.11. The third-order valence-electron chi connectivity index (χ3n) is 2.82. The van der Waals surface area contributed by atoms with E-state index in [9.17, 15) is 9.50 Å². The molecule has 3 N–H and O–H groups in total. The summed E-state index contributed by atoms with van der Waals surface area (Å²) in [4.78, 5) is 0. The first-order chi connectivity index (χ1) is 8.50. The van der Waals surface area contributed by atoms with Crippen LogP contribution >= 0.6 is 11.6 Å². The maximum Gasteiger partial charge on any atom is 0.145 e. The van der Waals surface area contributed by atoms with Crippen molar-refractivity contribution in [3.8, 4) is 0 Å². The molecular formula is C12H13ClFN3O. The molecule has 18 heavy (non-hydrogen) atoms. The van der Waals surface area contributed by atoms with Crippen LogP contribution in [0.4, 0.5) is 10.2 Å². The molecule has 0 bridgehead atoms. The van der Waals surface area contributed by atoms with E-state index >= 15 is 0 Å². The molecule has 0 radical (unpaired) electrons. The van der Waals surface area contributed by atoms with Crippen molar-refractivity contribution in [2.75, 3.05) is 5.73 Å². The zero-order chi connectivity index (χ0) is 13.3. The lowest BCUT2D eigenvalue weighted by atomic mass is 10.0. The standard InChI is InChI=1S/C12H13ClFN3O/c1-17-12(15)8(6-16-17)10(18)5-7-3-2-4-9(13)11(7)14/h2-4,6,10,18H,5,15H2,1H3. The van der Waals surface area contributed by atoms with E-state index in [2.05, 4.69) is 5.10 Å². The van der Waals surface area contributed by atoms with Gasteiger partial charge in [0.25, 0.3) is 0 Å². The molecule has 0 spiro atoms. The lowest BCUT2D eigenvalue weighted by molar-refractivity contribution is 0.178. The van der Waals surface area contributed by atoms with Crippen LogP contribution in [0.3, 0.4) is 0 Å². The van der Waals surface area contributed by atoms with E-state index in [1.54, 1.807) is 19.2 Å². The van der Waals surface area contributed by atoms with Crippen molar-refractivity contribution in [2.24, 2.45) is 7.05 Å². The van der Waals surface area contributed by atoms with Gasteiger partial charge in [-0.25, -0.2) is 4.39 Å². The highest BCUT2D eigenvalue weighted by Crippen LogP contribution is 2.26. The van der Waals surface area contributed by atoms with Crippen molar-refractivity contribution in [3.63, 3.8) is 0 Å². The maximum absolute atomic E-state index is 13.7. The number of benzene rings is 1. The molecule has 1 aromatic carbocycles. The molecular weight excluding hydrogens is 257 g/mol. The van der Waals surface area contributed by atoms with E-state index < -0.39 is 11.9 Å². The highest BCUT2D eigenvalue weighted by atomic mass is 35.5. The molecule has 96 valence electrons. The topological polar surface area (TPSA) is 64.1 Å². The summed E-state index contributed by atoms with van der Waals surface area (Å²) in [6.45, 7) is 0. The van der Waals surface area contributed by atoms with E-state index in [0.29, 0.717) is 16.9 Å². The maximum atomic E-state index is 13.7. The van der Waals surface area contributed by atoms with Gasteiger partial charge in [0.15, 0.2) is 0 Å². The molecule has 6 heteroatoms. The fourth-order valence-electron chi connectivity index (χ4n) is 1.75.